The van der Waals surface area contributed by atoms with E-state index in [-0.39, 0.29) is 0 Å². The zero-order valence-electron chi connectivity index (χ0n) is 3.79. The third-order valence-corrected chi connectivity index (χ3v) is 2.54. The fourth-order valence-corrected chi connectivity index (χ4v) is 1.27. The monoisotopic (exact) mass is 185 g/mol. The van der Waals surface area contributed by atoms with Crippen LogP contribution >= 0.6 is 0 Å². The Bertz CT molecular complexity index is 11.1. The van der Waals surface area contributed by atoms with Crippen LogP contribution in [0.15, 0.2) is 0 Å². The molecule has 5 heavy (non-hydrogen) atoms. The van der Waals surface area contributed by atoms with Gasteiger partial charge in [-0.3, -0.25) is 0 Å². The fourth-order valence-electron chi connectivity index (χ4n) is 0.189. The van der Waals surface area contributed by atoms with Gasteiger partial charge in [-0.15, -0.1) is 0 Å². The Balaban J connectivity index is 2.19. The summed E-state index contributed by atoms with van der Waals surface area (Å²) in [5.74, 6) is 0. The zero-order chi connectivity index (χ0) is 4.12. The van der Waals surface area contributed by atoms with Gasteiger partial charge in [0.15, 0.2) is 0 Å². The Hall–Kier alpha value is 0.730. The second-order valence-corrected chi connectivity index (χ2v) is 4.85. The van der Waals surface area contributed by atoms with E-state index >= 15 is 0 Å². The molecule has 0 saturated heterocycles. The van der Waals surface area contributed by atoms with Gasteiger partial charge in [-0.25, -0.2) is 0 Å². The number of hydrogen-bond acceptors (Lipinski definition) is 0. The van der Waals surface area contributed by atoms with Gasteiger partial charge in [0.25, 0.3) is 0 Å². The molecular formula is C4H10I-. The Morgan fingerprint density at radius 1 is 1.20 bits per heavy atom. The van der Waals surface area contributed by atoms with Crippen molar-refractivity contribution in [3.05, 3.63) is 0 Å². The normalized spacial score (nSPS) is 9.20. The zero-order valence-corrected chi connectivity index (χ0v) is 5.95. The third-order valence-electron chi connectivity index (χ3n) is 0.378. The molecule has 0 bridgehead atoms. The maximum atomic E-state index is 2.26. The van der Waals surface area contributed by atoms with E-state index in [4.69, 9.17) is 0 Å². The predicted molar refractivity (Wildman–Crippen MR) is 21.1 cm³/mol. The van der Waals surface area contributed by atoms with Crippen molar-refractivity contribution in [3.63, 3.8) is 0 Å². The predicted octanol–water partition coefficient (Wildman–Crippen LogP) is -1.88. The van der Waals surface area contributed by atoms with E-state index in [2.05, 4.69) is 13.8 Å². The Labute approximate surface area is 44.2 Å². The summed E-state index contributed by atoms with van der Waals surface area (Å²) in [7, 11) is 0. The van der Waals surface area contributed by atoms with Gasteiger partial charge in [0.05, 0.1) is 0 Å². The van der Waals surface area contributed by atoms with Crippen LogP contribution < -0.4 is 21.2 Å². The molecule has 0 heterocycles. The first-order chi connectivity index (χ1) is 2.41. The molecule has 0 aliphatic heterocycles. The van der Waals surface area contributed by atoms with Crippen molar-refractivity contribution >= 4 is 0 Å². The molecule has 34 valence electrons. The van der Waals surface area contributed by atoms with Crippen LogP contribution in [-0.2, 0) is 0 Å². The average Bonchev–Trinajstić information content (AvgIpc) is 1.41. The molecule has 0 aliphatic carbocycles. The van der Waals surface area contributed by atoms with E-state index in [1.54, 1.807) is 0 Å². The van der Waals surface area contributed by atoms with Gasteiger partial charge >= 0.3 is 43.9 Å². The third kappa shape index (κ3) is 4.73. The Morgan fingerprint density at radius 3 is 1.60 bits per heavy atom. The van der Waals surface area contributed by atoms with E-state index in [0.29, 0.717) is 21.2 Å². The number of hydrogen-bond donors (Lipinski definition) is 0. The van der Waals surface area contributed by atoms with Crippen LogP contribution in [0.2, 0.25) is 0 Å². The molecular weight excluding hydrogens is 175 g/mol. The molecule has 0 radical (unpaired) electrons. The van der Waals surface area contributed by atoms with Crippen molar-refractivity contribution in [2.45, 2.75) is 13.8 Å². The van der Waals surface area contributed by atoms with Crippen LogP contribution in [0, 0.1) is 0 Å². The number of alkyl halides is 2. The van der Waals surface area contributed by atoms with Crippen molar-refractivity contribution < 1.29 is 21.2 Å². The molecule has 1 heteroatoms. The SMILES string of the molecule is CC[I-]CC. The molecule has 0 atom stereocenters. The summed E-state index contributed by atoms with van der Waals surface area (Å²) in [6, 6.07) is 0. The molecule has 0 aromatic rings. The van der Waals surface area contributed by atoms with E-state index in [1.165, 1.54) is 8.86 Å². The van der Waals surface area contributed by atoms with Gasteiger partial charge in [-0.05, 0) is 0 Å². The van der Waals surface area contributed by atoms with Crippen molar-refractivity contribution in [1.82, 2.24) is 0 Å². The summed E-state index contributed by atoms with van der Waals surface area (Å²) in [6.45, 7) is 4.52. The van der Waals surface area contributed by atoms with E-state index in [9.17, 15) is 0 Å². The van der Waals surface area contributed by atoms with Crippen LogP contribution in [-0.4, -0.2) is 8.86 Å². The molecule has 0 spiro atoms. The van der Waals surface area contributed by atoms with Crippen molar-refractivity contribution in [1.29, 1.82) is 0 Å². The topological polar surface area (TPSA) is 0 Å². The van der Waals surface area contributed by atoms with Crippen LogP contribution in [0.1, 0.15) is 13.8 Å². The van der Waals surface area contributed by atoms with Crippen LogP contribution in [0.3, 0.4) is 0 Å². The van der Waals surface area contributed by atoms with Crippen molar-refractivity contribution in [2.24, 2.45) is 0 Å². The second kappa shape index (κ2) is 4.73. The first kappa shape index (κ1) is 5.73. The molecule has 0 unspecified atom stereocenters. The van der Waals surface area contributed by atoms with Gasteiger partial charge < -0.3 is 0 Å². The Kier molecular flexibility index (Phi) is 5.42. The van der Waals surface area contributed by atoms with Crippen LogP contribution in [0.25, 0.3) is 0 Å². The molecule has 0 saturated carbocycles. The van der Waals surface area contributed by atoms with Crippen LogP contribution in [0.5, 0.6) is 0 Å². The quantitative estimate of drug-likeness (QED) is 0.348. The summed E-state index contributed by atoms with van der Waals surface area (Å²) in [6.07, 6.45) is 0. The van der Waals surface area contributed by atoms with E-state index in [1.807, 2.05) is 0 Å². The van der Waals surface area contributed by atoms with Gasteiger partial charge in [-0.1, -0.05) is 0 Å². The maximum absolute atomic E-state index is 2.26. The molecule has 0 amide bonds. The first-order valence-electron chi connectivity index (χ1n) is 1.95. The molecule has 0 fully saturated rings. The molecule has 0 N–H and O–H groups in total. The fraction of sp³-hybridized carbons (Fsp3) is 1.00. The number of rotatable bonds is 2. The minimum atomic E-state index is 0.631. The summed E-state index contributed by atoms with van der Waals surface area (Å²) < 4.78 is 2.91. The van der Waals surface area contributed by atoms with Crippen molar-refractivity contribution in [3.8, 4) is 0 Å². The van der Waals surface area contributed by atoms with Gasteiger partial charge in [0.1, 0.15) is 0 Å². The summed E-state index contributed by atoms with van der Waals surface area (Å²) in [5.41, 5.74) is 0. The first-order valence-corrected chi connectivity index (χ1v) is 5.00. The van der Waals surface area contributed by atoms with Crippen molar-refractivity contribution in [2.75, 3.05) is 8.86 Å². The Morgan fingerprint density at radius 2 is 1.60 bits per heavy atom. The van der Waals surface area contributed by atoms with E-state index in [0.717, 1.165) is 0 Å². The molecule has 0 nitrogen and oxygen atoms in total. The average molecular weight is 185 g/mol. The van der Waals surface area contributed by atoms with Gasteiger partial charge in [0, 0.05) is 0 Å². The summed E-state index contributed by atoms with van der Waals surface area (Å²) in [5, 5.41) is 0. The molecule has 0 aromatic heterocycles. The summed E-state index contributed by atoms with van der Waals surface area (Å²) in [4.78, 5) is 0. The summed E-state index contributed by atoms with van der Waals surface area (Å²) >= 11 is 0.631. The standard InChI is InChI=1S/C4H10I/c1-3-5-4-2/h3-4H2,1-2H3/q-1. The van der Waals surface area contributed by atoms with E-state index < -0.39 is 0 Å². The molecule has 0 aromatic carbocycles. The second-order valence-electron chi connectivity index (χ2n) is 0.724. The van der Waals surface area contributed by atoms with Gasteiger partial charge in [-0.2, -0.15) is 0 Å². The van der Waals surface area contributed by atoms with Crippen LogP contribution in [0.4, 0.5) is 0 Å². The number of halogens is 1. The van der Waals surface area contributed by atoms with Gasteiger partial charge in [0.2, 0.25) is 0 Å². The minimum absolute atomic E-state index is 0.631. The molecule has 0 aliphatic rings. The molecule has 0 rings (SSSR count).